The molecule has 9 heteroatoms. The molecule has 0 unspecified atom stereocenters. The smallest absolute Gasteiger partial charge is 0.243 e. The van der Waals surface area contributed by atoms with Crippen molar-refractivity contribution >= 4 is 21.6 Å². The second kappa shape index (κ2) is 8.38. The van der Waals surface area contributed by atoms with E-state index in [-0.39, 0.29) is 12.7 Å². The highest BCUT2D eigenvalue weighted by molar-refractivity contribution is 7.89. The molecule has 0 N–H and O–H groups in total. The monoisotopic (exact) mass is 457 g/mol. The third-order valence-corrected chi connectivity index (χ3v) is 8.26. The summed E-state index contributed by atoms with van der Waals surface area (Å²) < 4.78 is 38.9. The van der Waals surface area contributed by atoms with Gasteiger partial charge in [-0.15, -0.1) is 0 Å². The molecule has 0 spiro atoms. The standard InChI is InChI=1S/C23H27N3O5S/c1-17(27)26-8-2-3-19-14-20(5-6-21(19)26)32(28,29)25-11-9-24(10-12-25)15-18-4-7-22-23(13-18)31-16-30-22/h4-7,13-14H,2-3,8-12,15-16H2,1H3. The molecular weight excluding hydrogens is 430 g/mol. The van der Waals surface area contributed by atoms with Crippen molar-refractivity contribution in [1.29, 1.82) is 0 Å². The molecule has 0 aromatic heterocycles. The molecule has 2 aromatic carbocycles. The van der Waals surface area contributed by atoms with Gasteiger partial charge in [-0.2, -0.15) is 4.31 Å². The van der Waals surface area contributed by atoms with Crippen LogP contribution in [0, 0.1) is 0 Å². The van der Waals surface area contributed by atoms with Crippen LogP contribution >= 0.6 is 0 Å². The predicted molar refractivity (Wildman–Crippen MR) is 119 cm³/mol. The Morgan fingerprint density at radius 1 is 0.969 bits per heavy atom. The zero-order valence-electron chi connectivity index (χ0n) is 18.1. The highest BCUT2D eigenvalue weighted by Gasteiger charge is 2.30. The number of carbonyl (C=O) groups excluding carboxylic acids is 1. The van der Waals surface area contributed by atoms with E-state index < -0.39 is 10.0 Å². The summed E-state index contributed by atoms with van der Waals surface area (Å²) in [6.07, 6.45) is 1.63. The Kier molecular flexibility index (Phi) is 5.56. The maximum atomic E-state index is 13.3. The molecular formula is C23H27N3O5S. The molecule has 0 atom stereocenters. The molecule has 0 radical (unpaired) electrons. The van der Waals surface area contributed by atoms with Gasteiger partial charge < -0.3 is 14.4 Å². The number of aryl methyl sites for hydroxylation is 1. The fourth-order valence-corrected chi connectivity index (χ4v) is 6.11. The van der Waals surface area contributed by atoms with Gasteiger partial charge >= 0.3 is 0 Å². The van der Waals surface area contributed by atoms with Crippen LogP contribution in [-0.2, 0) is 27.8 Å². The van der Waals surface area contributed by atoms with Crippen LogP contribution in [0.1, 0.15) is 24.5 Å². The molecule has 5 rings (SSSR count). The summed E-state index contributed by atoms with van der Waals surface area (Å²) in [4.78, 5) is 16.2. The number of hydrogen-bond donors (Lipinski definition) is 0. The van der Waals surface area contributed by atoms with Gasteiger partial charge in [-0.1, -0.05) is 6.07 Å². The van der Waals surface area contributed by atoms with Crippen molar-refractivity contribution in [1.82, 2.24) is 9.21 Å². The van der Waals surface area contributed by atoms with Crippen molar-refractivity contribution in [2.24, 2.45) is 0 Å². The number of fused-ring (bicyclic) bond motifs is 2. The van der Waals surface area contributed by atoms with Crippen molar-refractivity contribution in [3.05, 3.63) is 47.5 Å². The number of sulfonamides is 1. The minimum atomic E-state index is -3.57. The van der Waals surface area contributed by atoms with E-state index in [1.54, 1.807) is 34.3 Å². The number of rotatable bonds is 4. The van der Waals surface area contributed by atoms with Crippen LogP contribution in [0.4, 0.5) is 5.69 Å². The molecule has 0 bridgehead atoms. The molecule has 1 fully saturated rings. The Balaban J connectivity index is 1.25. The fourth-order valence-electron chi connectivity index (χ4n) is 4.64. The van der Waals surface area contributed by atoms with Crippen molar-refractivity contribution in [2.75, 3.05) is 44.4 Å². The van der Waals surface area contributed by atoms with Gasteiger partial charge in [-0.05, 0) is 54.3 Å². The van der Waals surface area contributed by atoms with Gasteiger partial charge in [0.15, 0.2) is 11.5 Å². The number of amides is 1. The largest absolute Gasteiger partial charge is 0.454 e. The van der Waals surface area contributed by atoms with Gasteiger partial charge in [0.25, 0.3) is 0 Å². The lowest BCUT2D eigenvalue weighted by Gasteiger charge is -2.34. The molecule has 170 valence electrons. The number of hydrogen-bond acceptors (Lipinski definition) is 6. The lowest BCUT2D eigenvalue weighted by atomic mass is 10.0. The summed E-state index contributed by atoms with van der Waals surface area (Å²) in [7, 11) is -3.57. The van der Waals surface area contributed by atoms with E-state index in [9.17, 15) is 13.2 Å². The van der Waals surface area contributed by atoms with E-state index in [4.69, 9.17) is 9.47 Å². The Labute approximate surface area is 188 Å². The topological polar surface area (TPSA) is 79.4 Å². The number of piperazine rings is 1. The Morgan fingerprint density at radius 2 is 1.75 bits per heavy atom. The second-order valence-electron chi connectivity index (χ2n) is 8.43. The zero-order chi connectivity index (χ0) is 22.3. The number of anilines is 1. The summed E-state index contributed by atoms with van der Waals surface area (Å²) >= 11 is 0. The van der Waals surface area contributed by atoms with Crippen LogP contribution in [0.25, 0.3) is 0 Å². The Bertz CT molecular complexity index is 1140. The van der Waals surface area contributed by atoms with Crippen molar-refractivity contribution in [3.8, 4) is 11.5 Å². The van der Waals surface area contributed by atoms with Gasteiger partial charge in [0.05, 0.1) is 4.90 Å². The SMILES string of the molecule is CC(=O)N1CCCc2cc(S(=O)(=O)N3CCN(Cc4ccc5c(c4)OCO5)CC3)ccc21. The quantitative estimate of drug-likeness (QED) is 0.701. The van der Waals surface area contributed by atoms with Gasteiger partial charge in [-0.25, -0.2) is 8.42 Å². The molecule has 3 aliphatic heterocycles. The van der Waals surface area contributed by atoms with Crippen LogP contribution in [0.15, 0.2) is 41.3 Å². The van der Waals surface area contributed by atoms with E-state index in [2.05, 4.69) is 4.90 Å². The van der Waals surface area contributed by atoms with Crippen LogP contribution in [0.2, 0.25) is 0 Å². The van der Waals surface area contributed by atoms with Gasteiger partial charge in [0.1, 0.15) is 0 Å². The maximum absolute atomic E-state index is 13.3. The number of nitrogens with zero attached hydrogens (tertiary/aromatic N) is 3. The van der Waals surface area contributed by atoms with Crippen molar-refractivity contribution in [3.63, 3.8) is 0 Å². The summed E-state index contributed by atoms with van der Waals surface area (Å²) in [6.45, 7) is 5.44. The van der Waals surface area contributed by atoms with Crippen LogP contribution in [0.3, 0.4) is 0 Å². The highest BCUT2D eigenvalue weighted by Crippen LogP contribution is 2.33. The van der Waals surface area contributed by atoms with E-state index in [1.165, 1.54) is 0 Å². The average Bonchev–Trinajstić information content (AvgIpc) is 3.26. The summed E-state index contributed by atoms with van der Waals surface area (Å²) in [6, 6.07) is 11.1. The second-order valence-corrected chi connectivity index (χ2v) is 10.4. The Morgan fingerprint density at radius 3 is 2.53 bits per heavy atom. The molecule has 2 aromatic rings. The number of carbonyl (C=O) groups is 1. The average molecular weight is 458 g/mol. The molecule has 0 aliphatic carbocycles. The molecule has 0 saturated carbocycles. The van der Waals surface area contributed by atoms with Crippen molar-refractivity contribution in [2.45, 2.75) is 31.2 Å². The lowest BCUT2D eigenvalue weighted by molar-refractivity contribution is -0.116. The van der Waals surface area contributed by atoms with Crippen LogP contribution < -0.4 is 14.4 Å². The Hall–Kier alpha value is -2.62. The van der Waals surface area contributed by atoms with E-state index in [1.807, 2.05) is 18.2 Å². The molecule has 1 saturated heterocycles. The predicted octanol–water partition coefficient (Wildman–Crippen LogP) is 2.22. The van der Waals surface area contributed by atoms with Gasteiger partial charge in [-0.3, -0.25) is 9.69 Å². The zero-order valence-corrected chi connectivity index (χ0v) is 18.9. The normalized spacial score (nSPS) is 19.1. The van der Waals surface area contributed by atoms with Crippen LogP contribution in [-0.4, -0.2) is 63.0 Å². The first-order valence-electron chi connectivity index (χ1n) is 10.9. The van der Waals surface area contributed by atoms with E-state index in [0.717, 1.165) is 47.7 Å². The molecule has 3 aliphatic rings. The van der Waals surface area contributed by atoms with Gasteiger partial charge in [0.2, 0.25) is 22.7 Å². The first kappa shape index (κ1) is 21.2. The van der Waals surface area contributed by atoms with E-state index in [0.29, 0.717) is 37.6 Å². The minimum absolute atomic E-state index is 0.0138. The molecule has 8 nitrogen and oxygen atoms in total. The van der Waals surface area contributed by atoms with E-state index >= 15 is 0 Å². The third-order valence-electron chi connectivity index (χ3n) is 6.36. The molecule has 32 heavy (non-hydrogen) atoms. The van der Waals surface area contributed by atoms with Gasteiger partial charge in [0, 0.05) is 51.9 Å². The maximum Gasteiger partial charge on any atom is 0.243 e. The fraction of sp³-hybridized carbons (Fsp3) is 0.435. The lowest BCUT2D eigenvalue weighted by Crippen LogP contribution is -2.48. The van der Waals surface area contributed by atoms with Crippen molar-refractivity contribution < 1.29 is 22.7 Å². The summed E-state index contributed by atoms with van der Waals surface area (Å²) in [5.74, 6) is 1.51. The minimum Gasteiger partial charge on any atom is -0.454 e. The molecule has 1 amide bonds. The van der Waals surface area contributed by atoms with Crippen LogP contribution in [0.5, 0.6) is 11.5 Å². The summed E-state index contributed by atoms with van der Waals surface area (Å²) in [5.41, 5.74) is 2.88. The molecule has 3 heterocycles. The number of ether oxygens (including phenoxy) is 2. The number of benzene rings is 2. The third kappa shape index (κ3) is 3.96. The first-order chi connectivity index (χ1) is 15.4. The highest BCUT2D eigenvalue weighted by atomic mass is 32.2. The first-order valence-corrected chi connectivity index (χ1v) is 12.4. The summed E-state index contributed by atoms with van der Waals surface area (Å²) in [5, 5.41) is 0.